The van der Waals surface area contributed by atoms with E-state index in [9.17, 15) is 15.8 Å². The summed E-state index contributed by atoms with van der Waals surface area (Å²) in [4.78, 5) is 2.26. The number of nitrogens with two attached hydrogens (primary N) is 1. The van der Waals surface area contributed by atoms with Gasteiger partial charge in [0.25, 0.3) is 0 Å². The normalized spacial score (nSPS) is 24.0. The Kier molecular flexibility index (Phi) is 5.27. The molecule has 0 unspecified atom stereocenters. The molecule has 0 aromatic heterocycles. The molecule has 1 aliphatic heterocycles. The van der Waals surface area contributed by atoms with Gasteiger partial charge in [0.05, 0.1) is 23.4 Å². The summed E-state index contributed by atoms with van der Waals surface area (Å²) in [6.07, 6.45) is 2.04. The van der Waals surface area contributed by atoms with Gasteiger partial charge in [0, 0.05) is 24.9 Å². The van der Waals surface area contributed by atoms with Crippen molar-refractivity contribution < 1.29 is 0 Å². The number of allylic oxidation sites excluding steroid dienone is 2. The van der Waals surface area contributed by atoms with Crippen LogP contribution in [0.5, 0.6) is 0 Å². The molecule has 0 fully saturated rings. The van der Waals surface area contributed by atoms with Gasteiger partial charge in [-0.05, 0) is 28.7 Å². The molecular formula is C24H27N5. The van der Waals surface area contributed by atoms with Crippen molar-refractivity contribution in [3.05, 3.63) is 58.3 Å². The minimum absolute atomic E-state index is 0.00839. The molecular weight excluding hydrogens is 358 g/mol. The van der Waals surface area contributed by atoms with Crippen molar-refractivity contribution >= 4 is 0 Å². The van der Waals surface area contributed by atoms with Gasteiger partial charge in [-0.1, -0.05) is 58.0 Å². The third kappa shape index (κ3) is 3.21. The van der Waals surface area contributed by atoms with Crippen LogP contribution >= 0.6 is 0 Å². The molecule has 0 bridgehead atoms. The minimum atomic E-state index is -1.56. The second-order valence-corrected chi connectivity index (χ2v) is 8.90. The third-order valence-corrected chi connectivity index (χ3v) is 6.32. The molecule has 1 aliphatic carbocycles. The SMILES string of the molecule is CCN1CC=C2C(C#N)=C(N)C(C#N)(C#N)[C@@H](c3ccc(C(C)(C)C)cc3)[C@@H]2C1. The van der Waals surface area contributed by atoms with Crippen LogP contribution in [-0.4, -0.2) is 24.5 Å². The summed E-state index contributed by atoms with van der Waals surface area (Å²) in [5, 5.41) is 30.0. The lowest BCUT2D eigenvalue weighted by atomic mass is 9.58. The average molecular weight is 386 g/mol. The van der Waals surface area contributed by atoms with Crippen LogP contribution in [0.15, 0.2) is 47.2 Å². The molecule has 29 heavy (non-hydrogen) atoms. The Morgan fingerprint density at radius 3 is 2.24 bits per heavy atom. The van der Waals surface area contributed by atoms with E-state index in [-0.39, 0.29) is 17.0 Å². The summed E-state index contributed by atoms with van der Waals surface area (Å²) in [5.74, 6) is -0.561. The molecule has 2 atom stereocenters. The van der Waals surface area contributed by atoms with Crippen molar-refractivity contribution in [3.8, 4) is 18.2 Å². The van der Waals surface area contributed by atoms with Crippen LogP contribution in [0.1, 0.15) is 44.7 Å². The first-order valence-corrected chi connectivity index (χ1v) is 9.99. The molecule has 0 saturated heterocycles. The number of nitrogens with zero attached hydrogens (tertiary/aromatic N) is 4. The number of hydrogen-bond acceptors (Lipinski definition) is 5. The zero-order valence-corrected chi connectivity index (χ0v) is 17.5. The van der Waals surface area contributed by atoms with Gasteiger partial charge in [0.1, 0.15) is 6.07 Å². The van der Waals surface area contributed by atoms with E-state index >= 15 is 0 Å². The van der Waals surface area contributed by atoms with Crippen LogP contribution in [0.25, 0.3) is 0 Å². The lowest BCUT2D eigenvalue weighted by Gasteiger charge is -2.45. The number of fused-ring (bicyclic) bond motifs is 1. The number of rotatable bonds is 2. The van der Waals surface area contributed by atoms with E-state index in [0.29, 0.717) is 12.1 Å². The minimum Gasteiger partial charge on any atom is -0.399 e. The molecule has 1 aromatic carbocycles. The summed E-state index contributed by atoms with van der Waals surface area (Å²) >= 11 is 0. The van der Waals surface area contributed by atoms with Gasteiger partial charge in [0.15, 0.2) is 5.41 Å². The van der Waals surface area contributed by atoms with Gasteiger partial charge in [-0.15, -0.1) is 0 Å². The van der Waals surface area contributed by atoms with E-state index in [0.717, 1.165) is 24.2 Å². The summed E-state index contributed by atoms with van der Waals surface area (Å²) in [6, 6.07) is 14.7. The Morgan fingerprint density at radius 1 is 1.14 bits per heavy atom. The van der Waals surface area contributed by atoms with Crippen molar-refractivity contribution in [2.45, 2.75) is 39.0 Å². The quantitative estimate of drug-likeness (QED) is 0.836. The lowest BCUT2D eigenvalue weighted by Crippen LogP contribution is -2.48. The molecule has 0 saturated carbocycles. The first kappa shape index (κ1) is 20.7. The second-order valence-electron chi connectivity index (χ2n) is 8.90. The zero-order valence-electron chi connectivity index (χ0n) is 17.5. The number of likely N-dealkylation sites (N-methyl/N-ethyl adjacent to an activating group) is 1. The maximum atomic E-state index is 10.1. The van der Waals surface area contributed by atoms with Crippen LogP contribution in [0.4, 0.5) is 0 Å². The maximum absolute atomic E-state index is 10.1. The molecule has 0 spiro atoms. The summed E-state index contributed by atoms with van der Waals surface area (Å²) < 4.78 is 0. The molecule has 5 heteroatoms. The third-order valence-electron chi connectivity index (χ3n) is 6.32. The van der Waals surface area contributed by atoms with Gasteiger partial charge in [-0.25, -0.2) is 0 Å². The average Bonchev–Trinajstić information content (AvgIpc) is 2.72. The Bertz CT molecular complexity index is 972. The van der Waals surface area contributed by atoms with E-state index in [2.05, 4.69) is 62.9 Å². The summed E-state index contributed by atoms with van der Waals surface area (Å²) in [5.41, 5.74) is 8.16. The number of nitriles is 3. The topological polar surface area (TPSA) is 101 Å². The molecule has 3 rings (SSSR count). The molecule has 148 valence electrons. The van der Waals surface area contributed by atoms with Gasteiger partial charge >= 0.3 is 0 Å². The van der Waals surface area contributed by atoms with E-state index in [1.165, 1.54) is 5.56 Å². The number of hydrogen-bond donors (Lipinski definition) is 1. The van der Waals surface area contributed by atoms with Crippen LogP contribution in [-0.2, 0) is 5.41 Å². The second kappa shape index (κ2) is 7.40. The zero-order chi connectivity index (χ0) is 21.4. The largest absolute Gasteiger partial charge is 0.399 e. The summed E-state index contributed by atoms with van der Waals surface area (Å²) in [7, 11) is 0. The Morgan fingerprint density at radius 2 is 1.76 bits per heavy atom. The van der Waals surface area contributed by atoms with Crippen LogP contribution in [0.2, 0.25) is 0 Å². The van der Waals surface area contributed by atoms with Crippen molar-refractivity contribution in [1.82, 2.24) is 4.90 Å². The highest BCUT2D eigenvalue weighted by Gasteiger charge is 2.54. The van der Waals surface area contributed by atoms with Gasteiger partial charge in [-0.3, -0.25) is 4.90 Å². The predicted molar refractivity (Wildman–Crippen MR) is 112 cm³/mol. The van der Waals surface area contributed by atoms with Crippen LogP contribution in [0.3, 0.4) is 0 Å². The molecule has 1 heterocycles. The molecule has 0 radical (unpaired) electrons. The first-order chi connectivity index (χ1) is 13.7. The predicted octanol–water partition coefficient (Wildman–Crippen LogP) is 3.73. The first-order valence-electron chi connectivity index (χ1n) is 9.99. The van der Waals surface area contributed by atoms with Crippen molar-refractivity contribution in [2.24, 2.45) is 17.1 Å². The Balaban J connectivity index is 2.25. The highest BCUT2D eigenvalue weighted by Crippen LogP contribution is 2.54. The van der Waals surface area contributed by atoms with E-state index in [1.54, 1.807) is 0 Å². The van der Waals surface area contributed by atoms with Crippen LogP contribution < -0.4 is 5.73 Å². The van der Waals surface area contributed by atoms with E-state index in [1.807, 2.05) is 18.2 Å². The monoisotopic (exact) mass is 385 g/mol. The highest BCUT2D eigenvalue weighted by molar-refractivity contribution is 5.59. The Labute approximate surface area is 173 Å². The van der Waals surface area contributed by atoms with Crippen LogP contribution in [0, 0.1) is 45.3 Å². The molecule has 2 aliphatic rings. The highest BCUT2D eigenvalue weighted by atomic mass is 15.1. The Hall–Kier alpha value is -3.07. The standard InChI is InChI=1S/C24H27N5/c1-5-29-11-10-18-19(12-25)22(28)24(14-26,15-27)21(20(18)13-29)16-6-8-17(9-7-16)23(2,3)4/h6-10,20-21H,5,11,13,28H2,1-4H3/t20-,21+/m1/s1. The molecule has 1 aromatic rings. The van der Waals surface area contributed by atoms with Crippen molar-refractivity contribution in [1.29, 1.82) is 15.8 Å². The van der Waals surface area contributed by atoms with Crippen molar-refractivity contribution in [2.75, 3.05) is 19.6 Å². The fourth-order valence-electron chi connectivity index (χ4n) is 4.56. The fraction of sp³-hybridized carbons (Fsp3) is 0.458. The maximum Gasteiger partial charge on any atom is 0.191 e. The number of benzene rings is 1. The van der Waals surface area contributed by atoms with Gasteiger partial charge < -0.3 is 5.73 Å². The fourth-order valence-corrected chi connectivity index (χ4v) is 4.56. The van der Waals surface area contributed by atoms with E-state index in [4.69, 9.17) is 5.73 Å². The van der Waals surface area contributed by atoms with Gasteiger partial charge in [0.2, 0.25) is 0 Å². The molecule has 0 amide bonds. The van der Waals surface area contributed by atoms with Crippen molar-refractivity contribution in [3.63, 3.8) is 0 Å². The van der Waals surface area contributed by atoms with E-state index < -0.39 is 11.3 Å². The molecule has 2 N–H and O–H groups in total. The smallest absolute Gasteiger partial charge is 0.191 e. The lowest BCUT2D eigenvalue weighted by molar-refractivity contribution is 0.214. The van der Waals surface area contributed by atoms with Gasteiger partial charge in [-0.2, -0.15) is 15.8 Å². The molecule has 5 nitrogen and oxygen atoms in total. The summed E-state index contributed by atoms with van der Waals surface area (Å²) in [6.45, 7) is 10.8.